The average molecular weight is 802 g/mol. The number of aliphatic hydroxyl groups is 2. The molecule has 1 unspecified atom stereocenters. The van der Waals surface area contributed by atoms with E-state index in [1.54, 1.807) is 17.0 Å². The van der Waals surface area contributed by atoms with E-state index in [1.165, 1.54) is 30.1 Å². The van der Waals surface area contributed by atoms with Gasteiger partial charge in [0.05, 0.1) is 30.9 Å². The second kappa shape index (κ2) is 16.5. The molecule has 2 aromatic heterocycles. The Morgan fingerprint density at radius 3 is 2.42 bits per heavy atom. The van der Waals surface area contributed by atoms with Gasteiger partial charge >= 0.3 is 17.3 Å². The first-order valence-corrected chi connectivity index (χ1v) is 17.9. The SMILES string of the molecule is CC(C)c1cc(-c2n[nH]c(=O)n2-c2ccc(CN3CCN(C(=O)CN(C)CC(=O)Nc4ccn(C5O[C@H](CO)[C@@H](O)C5(F)F)c(=O)n4)CC3)c(F)c2)c(O)cc1O. The van der Waals surface area contributed by atoms with E-state index in [1.807, 2.05) is 18.7 Å². The van der Waals surface area contributed by atoms with Gasteiger partial charge in [0.25, 0.3) is 0 Å². The largest absolute Gasteiger partial charge is 0.508 e. The molecular weight excluding hydrogens is 759 g/mol. The smallest absolute Gasteiger partial charge is 0.351 e. The maximum atomic E-state index is 15.5. The second-order valence-electron chi connectivity index (χ2n) is 14.3. The molecule has 2 amide bonds. The highest BCUT2D eigenvalue weighted by Gasteiger charge is 2.59. The fourth-order valence-electron chi connectivity index (χ4n) is 6.75. The number of phenols is 2. The molecule has 57 heavy (non-hydrogen) atoms. The number of halogens is 3. The molecule has 2 saturated heterocycles. The molecule has 6 N–H and O–H groups in total. The molecule has 0 spiro atoms. The lowest BCUT2D eigenvalue weighted by atomic mass is 9.98. The molecule has 4 heterocycles. The summed E-state index contributed by atoms with van der Waals surface area (Å²) in [5, 5.41) is 48.5. The van der Waals surface area contributed by atoms with Crippen molar-refractivity contribution >= 4 is 17.6 Å². The minimum absolute atomic E-state index is 0.0332. The maximum Gasteiger partial charge on any atom is 0.351 e. The number of hydrogen-bond acceptors (Lipinski definition) is 13. The summed E-state index contributed by atoms with van der Waals surface area (Å²) in [6.07, 6.45) is -5.25. The molecule has 2 aromatic carbocycles. The zero-order valence-electron chi connectivity index (χ0n) is 31.1. The quantitative estimate of drug-likeness (QED) is 0.115. The number of aliphatic hydroxyl groups excluding tert-OH is 2. The van der Waals surface area contributed by atoms with Crippen molar-refractivity contribution in [2.75, 3.05) is 58.2 Å². The van der Waals surface area contributed by atoms with Crippen LogP contribution in [-0.2, 0) is 20.9 Å². The molecule has 21 heteroatoms. The van der Waals surface area contributed by atoms with Gasteiger partial charge in [0, 0.05) is 50.6 Å². The molecule has 2 aliphatic heterocycles. The van der Waals surface area contributed by atoms with Crippen molar-refractivity contribution < 1.29 is 47.9 Å². The Morgan fingerprint density at radius 2 is 1.79 bits per heavy atom. The van der Waals surface area contributed by atoms with Crippen LogP contribution in [-0.4, -0.2) is 142 Å². The highest BCUT2D eigenvalue weighted by atomic mass is 19.3. The topological polar surface area (TPSA) is 232 Å². The van der Waals surface area contributed by atoms with E-state index in [0.29, 0.717) is 41.9 Å². The van der Waals surface area contributed by atoms with Crippen LogP contribution in [0.2, 0.25) is 0 Å². The molecule has 18 nitrogen and oxygen atoms in total. The maximum absolute atomic E-state index is 15.5. The minimum Gasteiger partial charge on any atom is -0.508 e. The summed E-state index contributed by atoms with van der Waals surface area (Å²) in [6, 6.07) is 8.08. The van der Waals surface area contributed by atoms with Crippen LogP contribution in [0, 0.1) is 5.82 Å². The van der Waals surface area contributed by atoms with Gasteiger partial charge in [-0.1, -0.05) is 19.9 Å². The number of likely N-dealkylation sites (N-methyl/N-ethyl adjacent to an activating group) is 1. The van der Waals surface area contributed by atoms with E-state index in [-0.39, 0.29) is 65.9 Å². The van der Waals surface area contributed by atoms with Gasteiger partial charge in [0.2, 0.25) is 18.0 Å². The third-order valence-corrected chi connectivity index (χ3v) is 9.82. The van der Waals surface area contributed by atoms with E-state index >= 15 is 4.39 Å². The third kappa shape index (κ3) is 8.56. The van der Waals surface area contributed by atoms with E-state index in [2.05, 4.69) is 20.5 Å². The Bertz CT molecular complexity index is 2260. The number of carbonyl (C=O) groups excluding carboxylic acids is 2. The zero-order chi connectivity index (χ0) is 41.3. The number of hydrogen-bond donors (Lipinski definition) is 6. The number of aromatic hydroxyl groups is 2. The average Bonchev–Trinajstić information content (AvgIpc) is 3.63. The van der Waals surface area contributed by atoms with Crippen molar-refractivity contribution in [2.45, 2.75) is 50.7 Å². The van der Waals surface area contributed by atoms with Crippen LogP contribution >= 0.6 is 0 Å². The predicted molar refractivity (Wildman–Crippen MR) is 195 cm³/mol. The van der Waals surface area contributed by atoms with Crippen LogP contribution < -0.4 is 16.7 Å². The van der Waals surface area contributed by atoms with Gasteiger partial charge in [-0.25, -0.2) is 23.6 Å². The summed E-state index contributed by atoms with van der Waals surface area (Å²) in [5.41, 5.74) is -0.633. The summed E-state index contributed by atoms with van der Waals surface area (Å²) in [4.78, 5) is 59.6. The van der Waals surface area contributed by atoms with Crippen molar-refractivity contribution in [3.8, 4) is 28.6 Å². The van der Waals surface area contributed by atoms with E-state index in [4.69, 9.17) is 4.74 Å². The minimum atomic E-state index is -3.89. The highest BCUT2D eigenvalue weighted by molar-refractivity contribution is 5.91. The van der Waals surface area contributed by atoms with E-state index < -0.39 is 54.1 Å². The number of alkyl halides is 2. The van der Waals surface area contributed by atoms with Crippen LogP contribution in [0.3, 0.4) is 0 Å². The molecule has 2 aliphatic rings. The highest BCUT2D eigenvalue weighted by Crippen LogP contribution is 2.42. The van der Waals surface area contributed by atoms with Crippen LogP contribution in [0.5, 0.6) is 11.5 Å². The van der Waals surface area contributed by atoms with Crippen molar-refractivity contribution in [2.24, 2.45) is 0 Å². The number of aromatic amines is 1. The number of ether oxygens (including phenoxy) is 1. The van der Waals surface area contributed by atoms with Crippen LogP contribution in [0.4, 0.5) is 19.0 Å². The second-order valence-corrected chi connectivity index (χ2v) is 14.3. The first-order chi connectivity index (χ1) is 27.0. The molecule has 0 aliphatic carbocycles. The Kier molecular flexibility index (Phi) is 11.9. The number of carbonyl (C=O) groups is 2. The van der Waals surface area contributed by atoms with Crippen molar-refractivity contribution in [1.82, 2.24) is 39.0 Å². The van der Waals surface area contributed by atoms with Crippen molar-refractivity contribution in [1.29, 1.82) is 0 Å². The lowest BCUT2D eigenvalue weighted by Crippen LogP contribution is -2.51. The number of nitrogens with zero attached hydrogens (tertiary/aromatic N) is 7. The van der Waals surface area contributed by atoms with Crippen LogP contribution in [0.1, 0.15) is 37.1 Å². The summed E-state index contributed by atoms with van der Waals surface area (Å²) in [7, 11) is 1.53. The van der Waals surface area contributed by atoms with E-state index in [0.717, 1.165) is 16.8 Å². The van der Waals surface area contributed by atoms with E-state index in [9.17, 15) is 48.4 Å². The van der Waals surface area contributed by atoms with Gasteiger partial charge in [0.1, 0.15) is 29.2 Å². The van der Waals surface area contributed by atoms with Crippen molar-refractivity contribution in [3.63, 3.8) is 0 Å². The molecule has 0 bridgehead atoms. The lowest BCUT2D eigenvalue weighted by Gasteiger charge is -2.35. The number of nitrogens with one attached hydrogen (secondary N) is 2. The lowest BCUT2D eigenvalue weighted by molar-refractivity contribution is -0.141. The van der Waals surface area contributed by atoms with Gasteiger partial charge < -0.3 is 35.4 Å². The fraction of sp³-hybridized carbons (Fsp3) is 0.444. The predicted octanol–water partition coefficient (Wildman–Crippen LogP) is 0.559. The zero-order valence-corrected chi connectivity index (χ0v) is 31.1. The number of rotatable bonds is 12. The summed E-state index contributed by atoms with van der Waals surface area (Å²) >= 11 is 0. The number of benzene rings is 2. The molecule has 0 saturated carbocycles. The third-order valence-electron chi connectivity index (χ3n) is 9.82. The first kappa shape index (κ1) is 41.0. The van der Waals surface area contributed by atoms with Gasteiger partial charge in [-0.05, 0) is 42.8 Å². The van der Waals surface area contributed by atoms with Gasteiger partial charge in [-0.2, -0.15) is 18.9 Å². The Balaban J connectivity index is 0.996. The molecular formula is C36H42F3N9O9. The van der Waals surface area contributed by atoms with Gasteiger partial charge in [-0.3, -0.25) is 24.0 Å². The molecule has 6 rings (SSSR count). The first-order valence-electron chi connectivity index (χ1n) is 17.9. The number of phenolic OH excluding ortho intramolecular Hbond substituents is 2. The van der Waals surface area contributed by atoms with Crippen molar-refractivity contribution in [3.05, 3.63) is 80.5 Å². The summed E-state index contributed by atoms with van der Waals surface area (Å²) < 4.78 is 50.9. The number of anilines is 1. The Morgan fingerprint density at radius 1 is 1.07 bits per heavy atom. The molecule has 0 radical (unpaired) electrons. The molecule has 3 atom stereocenters. The van der Waals surface area contributed by atoms with Crippen LogP contribution in [0.25, 0.3) is 17.1 Å². The van der Waals surface area contributed by atoms with Gasteiger partial charge in [0.15, 0.2) is 11.9 Å². The summed E-state index contributed by atoms with van der Waals surface area (Å²) in [6.45, 7) is 4.15. The Hall–Kier alpha value is -5.61. The molecule has 2 fully saturated rings. The number of piperazine rings is 1. The van der Waals surface area contributed by atoms with Crippen LogP contribution in [0.15, 0.2) is 52.2 Å². The van der Waals surface area contributed by atoms with Gasteiger partial charge in [-0.15, -0.1) is 0 Å². The monoisotopic (exact) mass is 801 g/mol. The number of H-pyrrole nitrogens is 1. The Labute approximate surface area is 322 Å². The fourth-order valence-corrected chi connectivity index (χ4v) is 6.75. The number of aromatic nitrogens is 5. The summed E-state index contributed by atoms with van der Waals surface area (Å²) in [5.74, 6) is -6.10. The normalized spacial score (nSPS) is 19.8. The number of amides is 2. The standard InChI is InChI=1S/C36H42F3N9O9/c1-19(2)22-13-23(26(51)14-25(22)50)32-42-43-35(56)48(32)21-5-4-20(24(37)12-21)15-45-8-10-46(11-9-45)30(53)17-44(3)16-29(52)40-28-6-7-47(34(55)41-28)33-36(38,39)31(54)27(18-49)57-33/h4-7,12-14,19,27,31,33,49-51,54H,8-11,15-18H2,1-3H3,(H,43,56)(H,40,41,52,55)/t27-,31-,33?/m1/s1. The molecule has 306 valence electrons. The molecule has 4 aromatic rings.